The molecule has 0 saturated carbocycles. The summed E-state index contributed by atoms with van der Waals surface area (Å²) in [4.78, 5) is 0. The van der Waals surface area contributed by atoms with Crippen molar-refractivity contribution in [3.63, 3.8) is 0 Å². The molecule has 0 aliphatic heterocycles. The van der Waals surface area contributed by atoms with Crippen molar-refractivity contribution in [2.45, 2.75) is 13.0 Å². The van der Waals surface area contributed by atoms with Crippen molar-refractivity contribution in [3.05, 3.63) is 53.8 Å². The summed E-state index contributed by atoms with van der Waals surface area (Å²) in [7, 11) is 0. The lowest BCUT2D eigenvalue weighted by Crippen LogP contribution is -2.16. The summed E-state index contributed by atoms with van der Waals surface area (Å²) in [6, 6.07) is 9.32. The van der Waals surface area contributed by atoms with Gasteiger partial charge in [-0.15, -0.1) is 0 Å². The van der Waals surface area contributed by atoms with Gasteiger partial charge in [-0.25, -0.2) is 4.74 Å². The van der Waals surface area contributed by atoms with E-state index < -0.39 is 0 Å². The average Bonchev–Trinajstić information content (AvgIpc) is 2.18. The van der Waals surface area contributed by atoms with Gasteiger partial charge in [0.25, 0.3) is 0 Å². The number of benzene rings is 1. The predicted molar refractivity (Wildman–Crippen MR) is 54.9 cm³/mol. The van der Waals surface area contributed by atoms with Crippen LogP contribution in [0.25, 0.3) is 0 Å². The molecule has 0 amide bonds. The third-order valence-corrected chi connectivity index (χ3v) is 1.82. The van der Waals surface area contributed by atoms with E-state index in [1.165, 1.54) is 0 Å². The third-order valence-electron chi connectivity index (χ3n) is 1.82. The lowest BCUT2D eigenvalue weighted by molar-refractivity contribution is -0.478. The van der Waals surface area contributed by atoms with Gasteiger partial charge in [-0.2, -0.15) is 0 Å². The Morgan fingerprint density at radius 3 is 2.54 bits per heavy atom. The molecule has 0 bridgehead atoms. The van der Waals surface area contributed by atoms with Crippen molar-refractivity contribution in [2.24, 2.45) is 0 Å². The summed E-state index contributed by atoms with van der Waals surface area (Å²) >= 11 is 0. The number of rotatable bonds is 3. The lowest BCUT2D eigenvalue weighted by Gasteiger charge is -2.07. The highest BCUT2D eigenvalue weighted by Gasteiger charge is 2.01. The molecule has 0 N–H and O–H groups in total. The number of hydroxylamine groups is 1. The third kappa shape index (κ3) is 2.75. The fraction of sp³-hybridized carbons (Fsp3) is 0.182. The van der Waals surface area contributed by atoms with Crippen molar-refractivity contribution in [1.29, 1.82) is 0 Å². The van der Waals surface area contributed by atoms with E-state index in [2.05, 4.69) is 6.58 Å². The zero-order valence-electron chi connectivity index (χ0n) is 7.68. The molecular formula is C11H13NO. The van der Waals surface area contributed by atoms with Crippen LogP contribution in [0.3, 0.4) is 0 Å². The highest BCUT2D eigenvalue weighted by Crippen LogP contribution is 1.96. The Labute approximate surface area is 78.4 Å². The van der Waals surface area contributed by atoms with Gasteiger partial charge in [0, 0.05) is 12.5 Å². The molecule has 0 radical (unpaired) electrons. The molecule has 2 nitrogen and oxygen atoms in total. The summed E-state index contributed by atoms with van der Waals surface area (Å²) in [5, 5.41) is 11.3. The molecule has 68 valence electrons. The summed E-state index contributed by atoms with van der Waals surface area (Å²) in [6.45, 7) is 5.37. The van der Waals surface area contributed by atoms with Gasteiger partial charge in [-0.1, -0.05) is 24.8 Å². The Morgan fingerprint density at radius 2 is 2.00 bits per heavy atom. The zero-order valence-corrected chi connectivity index (χ0v) is 7.68. The molecule has 0 aliphatic rings. The first-order valence-electron chi connectivity index (χ1n) is 4.22. The van der Waals surface area contributed by atoms with Crippen LogP contribution in [0.15, 0.2) is 43.0 Å². The van der Waals surface area contributed by atoms with Crippen molar-refractivity contribution in [3.8, 4) is 0 Å². The van der Waals surface area contributed by atoms with E-state index in [0.29, 0.717) is 0 Å². The second kappa shape index (κ2) is 4.45. The molecule has 1 unspecified atom stereocenters. The summed E-state index contributed by atoms with van der Waals surface area (Å²) in [5.41, 5.74) is 0.909. The van der Waals surface area contributed by atoms with Crippen LogP contribution < -0.4 is 0 Å². The first-order chi connectivity index (χ1) is 6.24. The van der Waals surface area contributed by atoms with E-state index in [4.69, 9.17) is 0 Å². The Kier molecular flexibility index (Phi) is 3.26. The molecule has 1 aromatic carbocycles. The van der Waals surface area contributed by atoms with Gasteiger partial charge >= 0.3 is 0 Å². The average molecular weight is 175 g/mol. The van der Waals surface area contributed by atoms with Crippen LogP contribution in [0, 0.1) is 5.21 Å². The molecule has 13 heavy (non-hydrogen) atoms. The Balaban J connectivity index is 2.82. The Bertz CT molecular complexity index is 303. The summed E-state index contributed by atoms with van der Waals surface area (Å²) in [6.07, 6.45) is 3.18. The smallest absolute Gasteiger partial charge is 0.182 e. The molecule has 0 aromatic heterocycles. The molecule has 0 aliphatic carbocycles. The molecular weight excluding hydrogens is 162 g/mol. The van der Waals surface area contributed by atoms with Crippen LogP contribution in [0.5, 0.6) is 0 Å². The van der Waals surface area contributed by atoms with E-state index in [0.717, 1.165) is 10.3 Å². The summed E-state index contributed by atoms with van der Waals surface area (Å²) < 4.78 is 0.891. The fourth-order valence-corrected chi connectivity index (χ4v) is 0.907. The van der Waals surface area contributed by atoms with Gasteiger partial charge in [0.2, 0.25) is 0 Å². The van der Waals surface area contributed by atoms with E-state index >= 15 is 0 Å². The SMILES string of the molecule is C=CC(C)/[N+]([O-])=C/c1ccccc1. The van der Waals surface area contributed by atoms with Gasteiger partial charge in [-0.05, 0) is 18.2 Å². The molecule has 0 saturated heterocycles. The van der Waals surface area contributed by atoms with Crippen LogP contribution in [0.1, 0.15) is 12.5 Å². The fourth-order valence-electron chi connectivity index (χ4n) is 0.907. The van der Waals surface area contributed by atoms with E-state index in [1.54, 1.807) is 19.2 Å². The Morgan fingerprint density at radius 1 is 1.38 bits per heavy atom. The van der Waals surface area contributed by atoms with Gasteiger partial charge in [-0.3, -0.25) is 0 Å². The quantitative estimate of drug-likeness (QED) is 0.227. The first-order valence-corrected chi connectivity index (χ1v) is 4.22. The minimum atomic E-state index is -0.180. The van der Waals surface area contributed by atoms with Gasteiger partial charge in [0.05, 0.1) is 0 Å². The molecule has 0 fully saturated rings. The first kappa shape index (κ1) is 9.52. The second-order valence-electron chi connectivity index (χ2n) is 2.88. The van der Waals surface area contributed by atoms with Crippen LogP contribution in [0.2, 0.25) is 0 Å². The largest absolute Gasteiger partial charge is 0.623 e. The van der Waals surface area contributed by atoms with Crippen molar-refractivity contribution in [1.82, 2.24) is 0 Å². The highest BCUT2D eigenvalue weighted by molar-refractivity contribution is 5.75. The van der Waals surface area contributed by atoms with E-state index in [-0.39, 0.29) is 6.04 Å². The predicted octanol–water partition coefficient (Wildman–Crippen LogP) is 2.19. The van der Waals surface area contributed by atoms with Crippen LogP contribution in [-0.2, 0) is 0 Å². The van der Waals surface area contributed by atoms with Crippen LogP contribution in [0.4, 0.5) is 0 Å². The van der Waals surface area contributed by atoms with Crippen molar-refractivity contribution in [2.75, 3.05) is 0 Å². The maximum Gasteiger partial charge on any atom is 0.182 e. The Hall–Kier alpha value is -1.57. The number of hydrogen-bond donors (Lipinski definition) is 0. The monoisotopic (exact) mass is 175 g/mol. The van der Waals surface area contributed by atoms with Crippen molar-refractivity contribution >= 4 is 6.21 Å². The zero-order chi connectivity index (χ0) is 9.68. The molecule has 0 spiro atoms. The van der Waals surface area contributed by atoms with E-state index in [9.17, 15) is 5.21 Å². The van der Waals surface area contributed by atoms with Gasteiger partial charge < -0.3 is 5.21 Å². The second-order valence-corrected chi connectivity index (χ2v) is 2.88. The minimum Gasteiger partial charge on any atom is -0.623 e. The normalized spacial score (nSPS) is 13.8. The maximum atomic E-state index is 11.3. The molecule has 0 heterocycles. The molecule has 2 heteroatoms. The standard InChI is InChI=1S/C11H13NO/c1-3-10(2)12(13)9-11-7-5-4-6-8-11/h3-10H,1H2,2H3/b12-9-. The van der Waals surface area contributed by atoms with Crippen LogP contribution >= 0.6 is 0 Å². The van der Waals surface area contributed by atoms with Gasteiger partial charge in [0.1, 0.15) is 0 Å². The topological polar surface area (TPSA) is 26.1 Å². The lowest BCUT2D eigenvalue weighted by atomic mass is 10.2. The highest BCUT2D eigenvalue weighted by atomic mass is 16.5. The molecule has 1 atom stereocenters. The van der Waals surface area contributed by atoms with Gasteiger partial charge in [0.15, 0.2) is 12.3 Å². The number of hydrogen-bond acceptors (Lipinski definition) is 1. The maximum absolute atomic E-state index is 11.3. The van der Waals surface area contributed by atoms with Crippen LogP contribution in [-0.4, -0.2) is 17.0 Å². The minimum absolute atomic E-state index is 0.180. The van der Waals surface area contributed by atoms with Crippen molar-refractivity contribution < 1.29 is 4.74 Å². The molecule has 1 aromatic rings. The van der Waals surface area contributed by atoms with E-state index in [1.807, 2.05) is 30.3 Å². The number of nitrogens with zero attached hydrogens (tertiary/aromatic N) is 1. The molecule has 1 rings (SSSR count). The summed E-state index contributed by atoms with van der Waals surface area (Å²) in [5.74, 6) is 0.